The molecule has 0 bridgehead atoms. The molecule has 0 saturated carbocycles. The Balaban J connectivity index is 1.96. The van der Waals surface area contributed by atoms with Crippen LogP contribution in [0.5, 0.6) is 0 Å². The van der Waals surface area contributed by atoms with Crippen LogP contribution >= 0.6 is 0 Å². The minimum absolute atomic E-state index is 0.0342. The van der Waals surface area contributed by atoms with Gasteiger partial charge in [-0.2, -0.15) is 0 Å². The van der Waals surface area contributed by atoms with Crippen molar-refractivity contribution in [2.75, 3.05) is 6.61 Å². The standard InChI is InChI=1S/C21H31NO/c1-2-3-4-5-6-7-9-17-12-13-21-18(14-17)10-8-11-19(21)15-20(22)16-23/h8,10-14,20,23H,2-7,9,15-16,22H2,1H3/t20-/m1/s1. The molecule has 2 heteroatoms. The third-order valence-corrected chi connectivity index (χ3v) is 4.57. The molecule has 0 radical (unpaired) electrons. The van der Waals surface area contributed by atoms with Crippen LogP contribution in [0.15, 0.2) is 36.4 Å². The lowest BCUT2D eigenvalue weighted by Crippen LogP contribution is -2.26. The average molecular weight is 313 g/mol. The maximum absolute atomic E-state index is 9.16. The Morgan fingerprint density at radius 2 is 1.78 bits per heavy atom. The number of nitrogens with two attached hydrogens (primary N) is 1. The van der Waals surface area contributed by atoms with Gasteiger partial charge in [0.05, 0.1) is 6.61 Å². The predicted molar refractivity (Wildman–Crippen MR) is 99.8 cm³/mol. The quantitative estimate of drug-likeness (QED) is 0.629. The fourth-order valence-corrected chi connectivity index (χ4v) is 3.19. The van der Waals surface area contributed by atoms with E-state index >= 15 is 0 Å². The molecule has 2 rings (SSSR count). The summed E-state index contributed by atoms with van der Waals surface area (Å²) >= 11 is 0. The monoisotopic (exact) mass is 313 g/mol. The second-order valence-corrected chi connectivity index (χ2v) is 6.64. The van der Waals surface area contributed by atoms with Gasteiger partial charge in [-0.15, -0.1) is 0 Å². The molecule has 0 heterocycles. The van der Waals surface area contributed by atoms with Crippen LogP contribution < -0.4 is 5.73 Å². The van der Waals surface area contributed by atoms with Gasteiger partial charge in [0, 0.05) is 6.04 Å². The molecule has 0 saturated heterocycles. The highest BCUT2D eigenvalue weighted by atomic mass is 16.3. The van der Waals surface area contributed by atoms with Gasteiger partial charge in [0.1, 0.15) is 0 Å². The van der Waals surface area contributed by atoms with Crippen molar-refractivity contribution >= 4 is 10.8 Å². The van der Waals surface area contributed by atoms with Crippen molar-refractivity contribution in [3.05, 3.63) is 47.5 Å². The molecule has 3 N–H and O–H groups in total. The highest BCUT2D eigenvalue weighted by Gasteiger charge is 2.06. The summed E-state index contributed by atoms with van der Waals surface area (Å²) < 4.78 is 0. The summed E-state index contributed by atoms with van der Waals surface area (Å²) in [6.45, 7) is 2.29. The topological polar surface area (TPSA) is 46.2 Å². The molecule has 0 aliphatic carbocycles. The van der Waals surface area contributed by atoms with Crippen LogP contribution in [0.3, 0.4) is 0 Å². The van der Waals surface area contributed by atoms with Crippen molar-refractivity contribution in [1.82, 2.24) is 0 Å². The molecule has 0 amide bonds. The van der Waals surface area contributed by atoms with Crippen molar-refractivity contribution in [2.24, 2.45) is 5.73 Å². The summed E-state index contributed by atoms with van der Waals surface area (Å²) in [6, 6.07) is 13.0. The number of aryl methyl sites for hydroxylation is 1. The smallest absolute Gasteiger partial charge is 0.0585 e. The zero-order valence-electron chi connectivity index (χ0n) is 14.4. The number of fused-ring (bicyclic) bond motifs is 1. The third kappa shape index (κ3) is 5.63. The Morgan fingerprint density at radius 1 is 1.00 bits per heavy atom. The van der Waals surface area contributed by atoms with E-state index < -0.39 is 0 Å². The van der Waals surface area contributed by atoms with Gasteiger partial charge in [0.15, 0.2) is 0 Å². The molecular weight excluding hydrogens is 282 g/mol. The van der Waals surface area contributed by atoms with Gasteiger partial charge in [0.2, 0.25) is 0 Å². The van der Waals surface area contributed by atoms with Crippen molar-refractivity contribution < 1.29 is 5.11 Å². The van der Waals surface area contributed by atoms with Gasteiger partial charge in [-0.1, -0.05) is 75.4 Å². The zero-order chi connectivity index (χ0) is 16.5. The van der Waals surface area contributed by atoms with Crippen LogP contribution in [0.4, 0.5) is 0 Å². The van der Waals surface area contributed by atoms with E-state index in [4.69, 9.17) is 10.8 Å². The predicted octanol–water partition coefficient (Wildman–Crippen LogP) is 4.60. The minimum Gasteiger partial charge on any atom is -0.395 e. The normalized spacial score (nSPS) is 12.7. The van der Waals surface area contributed by atoms with E-state index in [1.165, 1.54) is 66.8 Å². The van der Waals surface area contributed by atoms with E-state index in [9.17, 15) is 0 Å². The fraction of sp³-hybridized carbons (Fsp3) is 0.524. The van der Waals surface area contributed by atoms with Gasteiger partial charge in [-0.3, -0.25) is 0 Å². The highest BCUT2D eigenvalue weighted by molar-refractivity contribution is 5.86. The molecule has 2 aromatic carbocycles. The molecule has 0 spiro atoms. The van der Waals surface area contributed by atoms with Gasteiger partial charge in [0.25, 0.3) is 0 Å². The average Bonchev–Trinajstić information content (AvgIpc) is 2.58. The van der Waals surface area contributed by atoms with Crippen molar-refractivity contribution in [2.45, 2.75) is 64.3 Å². The fourth-order valence-electron chi connectivity index (χ4n) is 3.19. The molecule has 2 nitrogen and oxygen atoms in total. The molecule has 23 heavy (non-hydrogen) atoms. The maximum Gasteiger partial charge on any atom is 0.0585 e. The first kappa shape index (κ1) is 18.0. The van der Waals surface area contributed by atoms with Crippen molar-refractivity contribution in [3.8, 4) is 0 Å². The number of hydrogen-bond donors (Lipinski definition) is 2. The van der Waals surface area contributed by atoms with Gasteiger partial charge >= 0.3 is 0 Å². The van der Waals surface area contributed by atoms with Crippen LogP contribution in [0.25, 0.3) is 10.8 Å². The first-order valence-electron chi connectivity index (χ1n) is 9.11. The number of hydrogen-bond acceptors (Lipinski definition) is 2. The van der Waals surface area contributed by atoms with Crippen LogP contribution in [0.2, 0.25) is 0 Å². The summed E-state index contributed by atoms with van der Waals surface area (Å²) in [5.74, 6) is 0. The Labute approximate surface area is 140 Å². The molecule has 0 aromatic heterocycles. The van der Waals surface area contributed by atoms with Crippen LogP contribution in [-0.4, -0.2) is 17.8 Å². The number of benzene rings is 2. The van der Waals surface area contributed by atoms with Crippen molar-refractivity contribution in [3.63, 3.8) is 0 Å². The lowest BCUT2D eigenvalue weighted by Gasteiger charge is -2.12. The maximum atomic E-state index is 9.16. The molecule has 126 valence electrons. The Morgan fingerprint density at radius 3 is 2.57 bits per heavy atom. The van der Waals surface area contributed by atoms with Gasteiger partial charge in [-0.25, -0.2) is 0 Å². The van der Waals surface area contributed by atoms with Crippen LogP contribution in [0.1, 0.15) is 56.6 Å². The zero-order valence-corrected chi connectivity index (χ0v) is 14.4. The SMILES string of the molecule is CCCCCCCCc1ccc2c(C[C@@H](N)CO)cccc2c1. The highest BCUT2D eigenvalue weighted by Crippen LogP contribution is 2.22. The molecule has 1 atom stereocenters. The minimum atomic E-state index is -0.177. The first-order chi connectivity index (χ1) is 11.2. The Bertz CT molecular complexity index is 593. The van der Waals surface area contributed by atoms with Gasteiger partial charge in [-0.05, 0) is 41.2 Å². The molecule has 0 unspecified atom stereocenters. The lowest BCUT2D eigenvalue weighted by molar-refractivity contribution is 0.265. The molecule has 0 fully saturated rings. The molecule has 0 aliphatic rings. The number of aliphatic hydroxyl groups excluding tert-OH is 1. The largest absolute Gasteiger partial charge is 0.395 e. The van der Waals surface area contributed by atoms with E-state index in [2.05, 4.69) is 43.3 Å². The summed E-state index contributed by atoms with van der Waals surface area (Å²) in [5, 5.41) is 11.7. The van der Waals surface area contributed by atoms with E-state index in [0.29, 0.717) is 0 Å². The van der Waals surface area contributed by atoms with Crippen LogP contribution in [0, 0.1) is 0 Å². The number of aliphatic hydroxyl groups is 1. The van der Waals surface area contributed by atoms with E-state index in [0.717, 1.165) is 6.42 Å². The third-order valence-electron chi connectivity index (χ3n) is 4.57. The molecular formula is C21H31NO. The van der Waals surface area contributed by atoms with E-state index in [1.54, 1.807) is 0 Å². The Kier molecular flexibility index (Phi) is 7.57. The summed E-state index contributed by atoms with van der Waals surface area (Å²) in [6.07, 6.45) is 9.94. The lowest BCUT2D eigenvalue weighted by atomic mass is 9.96. The second-order valence-electron chi connectivity index (χ2n) is 6.64. The molecule has 2 aromatic rings. The summed E-state index contributed by atoms with van der Waals surface area (Å²) in [4.78, 5) is 0. The van der Waals surface area contributed by atoms with Crippen molar-refractivity contribution in [1.29, 1.82) is 0 Å². The van der Waals surface area contributed by atoms with E-state index in [1.807, 2.05) is 0 Å². The number of rotatable bonds is 10. The molecule has 0 aliphatic heterocycles. The summed E-state index contributed by atoms with van der Waals surface area (Å²) in [5.41, 5.74) is 8.55. The van der Waals surface area contributed by atoms with Gasteiger partial charge < -0.3 is 10.8 Å². The first-order valence-corrected chi connectivity index (χ1v) is 9.11. The second kappa shape index (κ2) is 9.69. The van der Waals surface area contributed by atoms with E-state index in [-0.39, 0.29) is 12.6 Å². The Hall–Kier alpha value is -1.38. The van der Waals surface area contributed by atoms with Crippen LogP contribution in [-0.2, 0) is 12.8 Å². The number of unbranched alkanes of at least 4 members (excludes halogenated alkanes) is 5. The summed E-state index contributed by atoms with van der Waals surface area (Å²) in [7, 11) is 0.